The van der Waals surface area contributed by atoms with Crippen LogP contribution in [0.1, 0.15) is 25.0 Å². The van der Waals surface area contributed by atoms with Gasteiger partial charge in [0.2, 0.25) is 5.95 Å². The summed E-state index contributed by atoms with van der Waals surface area (Å²) < 4.78 is 38.1. The quantitative estimate of drug-likeness (QED) is 0.594. The zero-order valence-electron chi connectivity index (χ0n) is 15.6. The standard InChI is InChI=1S/C21H21F3N4/c1-15(2)28(14-16-6-4-3-5-7-16)19-12-13-25-20(27-19)26-18-10-8-17(9-11-18)21(22,23)24/h3-13,15H,14H2,1-2H3,(H,25,26,27). The van der Waals surface area contributed by atoms with Gasteiger partial charge >= 0.3 is 6.18 Å². The normalized spacial score (nSPS) is 11.5. The molecule has 3 rings (SSSR count). The molecule has 1 N–H and O–H groups in total. The van der Waals surface area contributed by atoms with Crippen molar-refractivity contribution in [1.29, 1.82) is 0 Å². The number of hydrogen-bond donors (Lipinski definition) is 1. The number of alkyl halides is 3. The van der Waals surface area contributed by atoms with Crippen molar-refractivity contribution in [2.24, 2.45) is 0 Å². The van der Waals surface area contributed by atoms with Crippen molar-refractivity contribution >= 4 is 17.5 Å². The molecule has 0 saturated carbocycles. The van der Waals surface area contributed by atoms with Crippen LogP contribution in [0.4, 0.5) is 30.6 Å². The first-order chi connectivity index (χ1) is 13.3. The molecule has 4 nitrogen and oxygen atoms in total. The van der Waals surface area contributed by atoms with E-state index in [1.165, 1.54) is 12.1 Å². The van der Waals surface area contributed by atoms with E-state index in [9.17, 15) is 13.2 Å². The monoisotopic (exact) mass is 386 g/mol. The zero-order valence-corrected chi connectivity index (χ0v) is 15.6. The second-order valence-electron chi connectivity index (χ2n) is 6.65. The molecule has 0 unspecified atom stereocenters. The van der Waals surface area contributed by atoms with Gasteiger partial charge in [0.1, 0.15) is 5.82 Å². The molecule has 1 heterocycles. The molecule has 28 heavy (non-hydrogen) atoms. The van der Waals surface area contributed by atoms with E-state index in [2.05, 4.69) is 46.2 Å². The number of benzene rings is 2. The molecular weight excluding hydrogens is 365 g/mol. The molecule has 0 bridgehead atoms. The highest BCUT2D eigenvalue weighted by Gasteiger charge is 2.29. The highest BCUT2D eigenvalue weighted by Crippen LogP contribution is 2.30. The van der Waals surface area contributed by atoms with Crippen LogP contribution in [0.3, 0.4) is 0 Å². The van der Waals surface area contributed by atoms with E-state index in [1.54, 1.807) is 6.20 Å². The lowest BCUT2D eigenvalue weighted by atomic mass is 10.2. The van der Waals surface area contributed by atoms with Gasteiger partial charge in [-0.05, 0) is 49.7 Å². The van der Waals surface area contributed by atoms with E-state index in [4.69, 9.17) is 0 Å². The molecule has 0 aliphatic carbocycles. The van der Waals surface area contributed by atoms with Crippen molar-refractivity contribution < 1.29 is 13.2 Å². The Morgan fingerprint density at radius 1 is 0.964 bits per heavy atom. The van der Waals surface area contributed by atoms with Crippen molar-refractivity contribution in [2.45, 2.75) is 32.6 Å². The molecule has 0 atom stereocenters. The molecular formula is C21H21F3N4. The Labute approximate surface area is 162 Å². The van der Waals surface area contributed by atoms with Crippen LogP contribution in [0.5, 0.6) is 0 Å². The van der Waals surface area contributed by atoms with Gasteiger partial charge in [0, 0.05) is 24.5 Å². The number of rotatable bonds is 6. The summed E-state index contributed by atoms with van der Waals surface area (Å²) in [6, 6.07) is 16.9. The number of halogens is 3. The van der Waals surface area contributed by atoms with Crippen molar-refractivity contribution in [1.82, 2.24) is 9.97 Å². The molecule has 0 aliphatic heterocycles. The summed E-state index contributed by atoms with van der Waals surface area (Å²) in [7, 11) is 0. The second kappa shape index (κ2) is 8.29. The minimum Gasteiger partial charge on any atom is -0.350 e. The fraction of sp³-hybridized carbons (Fsp3) is 0.238. The first-order valence-electron chi connectivity index (χ1n) is 8.91. The predicted molar refractivity (Wildman–Crippen MR) is 105 cm³/mol. The Kier molecular flexibility index (Phi) is 5.82. The fourth-order valence-electron chi connectivity index (χ4n) is 2.75. The van der Waals surface area contributed by atoms with Crippen LogP contribution in [-0.4, -0.2) is 16.0 Å². The summed E-state index contributed by atoms with van der Waals surface area (Å²) in [6.45, 7) is 4.84. The molecule has 0 amide bonds. The number of nitrogens with one attached hydrogen (secondary N) is 1. The van der Waals surface area contributed by atoms with E-state index in [1.807, 2.05) is 24.3 Å². The minimum absolute atomic E-state index is 0.203. The van der Waals surface area contributed by atoms with Gasteiger partial charge in [0.15, 0.2) is 0 Å². The summed E-state index contributed by atoms with van der Waals surface area (Å²) in [5, 5.41) is 2.96. The average molecular weight is 386 g/mol. The smallest absolute Gasteiger partial charge is 0.350 e. The van der Waals surface area contributed by atoms with E-state index >= 15 is 0 Å². The van der Waals surface area contributed by atoms with Crippen molar-refractivity contribution in [2.75, 3.05) is 10.2 Å². The summed E-state index contributed by atoms with van der Waals surface area (Å²) in [6.07, 6.45) is -2.72. The predicted octanol–water partition coefficient (Wildman–Crippen LogP) is 5.65. The minimum atomic E-state index is -4.36. The third-order valence-corrected chi connectivity index (χ3v) is 4.22. The molecule has 146 valence electrons. The van der Waals surface area contributed by atoms with Crippen LogP contribution >= 0.6 is 0 Å². The Hall–Kier alpha value is -3.09. The van der Waals surface area contributed by atoms with Crippen LogP contribution < -0.4 is 10.2 Å². The third-order valence-electron chi connectivity index (χ3n) is 4.22. The molecule has 0 spiro atoms. The molecule has 0 saturated heterocycles. The van der Waals surface area contributed by atoms with Crippen LogP contribution in [0.25, 0.3) is 0 Å². The largest absolute Gasteiger partial charge is 0.416 e. The fourth-order valence-corrected chi connectivity index (χ4v) is 2.75. The molecule has 3 aromatic rings. The van der Waals surface area contributed by atoms with E-state index in [0.717, 1.165) is 23.5 Å². The molecule has 2 aromatic carbocycles. The highest BCUT2D eigenvalue weighted by molar-refractivity contribution is 5.55. The Morgan fingerprint density at radius 2 is 1.64 bits per heavy atom. The van der Waals surface area contributed by atoms with Crippen molar-refractivity contribution in [3.63, 3.8) is 0 Å². The lowest BCUT2D eigenvalue weighted by Gasteiger charge is -2.28. The summed E-state index contributed by atoms with van der Waals surface area (Å²) in [5.41, 5.74) is 0.956. The Bertz CT molecular complexity index is 894. The molecule has 1 aromatic heterocycles. The molecule has 0 fully saturated rings. The van der Waals surface area contributed by atoms with Gasteiger partial charge in [-0.15, -0.1) is 0 Å². The van der Waals surface area contributed by atoms with Crippen molar-refractivity contribution in [3.05, 3.63) is 78.0 Å². The summed E-state index contributed by atoms with van der Waals surface area (Å²) >= 11 is 0. The number of nitrogens with zero attached hydrogens (tertiary/aromatic N) is 3. The van der Waals surface area contributed by atoms with Crippen LogP contribution in [0.2, 0.25) is 0 Å². The molecule has 7 heteroatoms. The Morgan fingerprint density at radius 3 is 2.25 bits per heavy atom. The van der Waals surface area contributed by atoms with Crippen LogP contribution in [-0.2, 0) is 12.7 Å². The van der Waals surface area contributed by atoms with Crippen LogP contribution in [0, 0.1) is 0 Å². The zero-order chi connectivity index (χ0) is 20.1. The lowest BCUT2D eigenvalue weighted by molar-refractivity contribution is -0.137. The maximum Gasteiger partial charge on any atom is 0.416 e. The maximum atomic E-state index is 12.7. The molecule has 0 radical (unpaired) electrons. The Balaban J connectivity index is 1.78. The van der Waals surface area contributed by atoms with E-state index < -0.39 is 11.7 Å². The average Bonchev–Trinajstić information content (AvgIpc) is 2.66. The maximum absolute atomic E-state index is 12.7. The first-order valence-corrected chi connectivity index (χ1v) is 8.91. The van der Waals surface area contributed by atoms with Crippen LogP contribution in [0.15, 0.2) is 66.9 Å². The topological polar surface area (TPSA) is 41.1 Å². The third kappa shape index (κ3) is 5.00. The summed E-state index contributed by atoms with van der Waals surface area (Å²) in [5.74, 6) is 1.07. The number of aromatic nitrogens is 2. The molecule has 0 aliphatic rings. The van der Waals surface area contributed by atoms with Gasteiger partial charge in [-0.1, -0.05) is 30.3 Å². The van der Waals surface area contributed by atoms with E-state index in [0.29, 0.717) is 18.2 Å². The van der Waals surface area contributed by atoms with Gasteiger partial charge in [-0.2, -0.15) is 18.2 Å². The SMILES string of the molecule is CC(C)N(Cc1ccccc1)c1ccnc(Nc2ccc(C(F)(F)F)cc2)n1. The number of hydrogen-bond acceptors (Lipinski definition) is 4. The van der Waals surface area contributed by atoms with Gasteiger partial charge in [0.25, 0.3) is 0 Å². The van der Waals surface area contributed by atoms with Gasteiger partial charge in [0.05, 0.1) is 5.56 Å². The second-order valence-corrected chi connectivity index (χ2v) is 6.65. The van der Waals surface area contributed by atoms with Gasteiger partial charge in [-0.25, -0.2) is 4.98 Å². The lowest BCUT2D eigenvalue weighted by Crippen LogP contribution is -2.31. The number of anilines is 3. The van der Waals surface area contributed by atoms with Crippen molar-refractivity contribution in [3.8, 4) is 0 Å². The van der Waals surface area contributed by atoms with Gasteiger partial charge < -0.3 is 10.2 Å². The summed E-state index contributed by atoms with van der Waals surface area (Å²) in [4.78, 5) is 10.9. The van der Waals surface area contributed by atoms with E-state index in [-0.39, 0.29) is 6.04 Å². The first kappa shape index (κ1) is 19.7. The van der Waals surface area contributed by atoms with Gasteiger partial charge in [-0.3, -0.25) is 0 Å². The highest BCUT2D eigenvalue weighted by atomic mass is 19.4.